The molecule has 5 aliphatic rings. The molecule has 0 radical (unpaired) electrons. The third kappa shape index (κ3) is 3.59. The van der Waals surface area contributed by atoms with Crippen LogP contribution in [0.5, 0.6) is 0 Å². The number of allylic oxidation sites excluding steroid dienone is 1. The molecule has 1 saturated heterocycles. The predicted octanol–water partition coefficient (Wildman–Crippen LogP) is 4.57. The fourth-order valence-electron chi connectivity index (χ4n) is 9.31. The van der Waals surface area contributed by atoms with Crippen molar-refractivity contribution in [3.8, 4) is 5.69 Å². The molecule has 0 spiro atoms. The van der Waals surface area contributed by atoms with E-state index in [4.69, 9.17) is 9.47 Å². The molecule has 1 N–H and O–H groups in total. The van der Waals surface area contributed by atoms with Crippen molar-refractivity contribution in [1.29, 1.82) is 0 Å². The highest BCUT2D eigenvalue weighted by molar-refractivity contribution is 7.96. The van der Waals surface area contributed by atoms with Gasteiger partial charge in [0.15, 0.2) is 11.7 Å². The Balaban J connectivity index is 1.24. The number of thiol groups is 1. The minimum absolute atomic E-state index is 0.0357. The number of rotatable bonds is 4. The molecule has 42 heavy (non-hydrogen) atoms. The largest absolute Gasteiger partial charge is 0.448 e. The molecule has 8 atom stereocenters. The van der Waals surface area contributed by atoms with Crippen molar-refractivity contribution in [1.82, 2.24) is 14.8 Å². The van der Waals surface area contributed by atoms with Gasteiger partial charge in [0.2, 0.25) is 11.1 Å². The van der Waals surface area contributed by atoms with Crippen LogP contribution in [-0.4, -0.2) is 61.0 Å². The number of pyridine rings is 1. The van der Waals surface area contributed by atoms with Crippen LogP contribution >= 0.6 is 12.6 Å². The summed E-state index contributed by atoms with van der Waals surface area (Å²) in [4.78, 5) is 30.1. The highest BCUT2D eigenvalue weighted by Crippen LogP contribution is 2.71. The molecule has 11 heteroatoms. The van der Waals surface area contributed by atoms with Gasteiger partial charge in [-0.3, -0.25) is 4.79 Å². The van der Waals surface area contributed by atoms with Gasteiger partial charge < -0.3 is 14.6 Å². The minimum atomic E-state index is -1.98. The maximum absolute atomic E-state index is 18.0. The number of hydrogen-bond donors (Lipinski definition) is 2. The van der Waals surface area contributed by atoms with Crippen LogP contribution in [0.25, 0.3) is 11.8 Å². The first-order chi connectivity index (χ1) is 19.9. The van der Waals surface area contributed by atoms with Crippen LogP contribution in [0.2, 0.25) is 0 Å². The molecule has 0 amide bonds. The van der Waals surface area contributed by atoms with E-state index in [9.17, 15) is 19.1 Å². The molecule has 2 aromatic rings. The van der Waals surface area contributed by atoms with Gasteiger partial charge in [-0.1, -0.05) is 19.4 Å². The summed E-state index contributed by atoms with van der Waals surface area (Å²) in [6, 6.07) is 2.87. The van der Waals surface area contributed by atoms with Crippen LogP contribution < -0.4 is 0 Å². The smallest absolute Gasteiger partial charge is 0.336 e. The Kier molecular flexibility index (Phi) is 6.32. The number of aromatic nitrogens is 3. The second kappa shape index (κ2) is 9.43. The SMILES string of the molecule is C[C@]12Cc3cnn(-c4ccc(F)nc4)c3C=C1CC[C@H]1[C@@H]3CC[C@](OC(=O)[C@@H]4CCCO4)(C(=O)S)[C@@]3(C)C[C@H](O)[C@@]12F. The van der Waals surface area contributed by atoms with Crippen molar-refractivity contribution in [3.63, 3.8) is 0 Å². The molecular weight excluding hydrogens is 564 g/mol. The van der Waals surface area contributed by atoms with Gasteiger partial charge in [0.05, 0.1) is 29.9 Å². The van der Waals surface area contributed by atoms with Crippen LogP contribution in [0.4, 0.5) is 8.78 Å². The van der Waals surface area contributed by atoms with Gasteiger partial charge in [0.1, 0.15) is 5.67 Å². The number of esters is 1. The number of carbonyl (C=O) groups excluding carboxylic acids is 2. The van der Waals surface area contributed by atoms with Crippen molar-refractivity contribution in [3.05, 3.63) is 47.3 Å². The van der Waals surface area contributed by atoms with Gasteiger partial charge in [-0.05, 0) is 81.1 Å². The van der Waals surface area contributed by atoms with E-state index in [0.717, 1.165) is 23.3 Å². The third-order valence-electron chi connectivity index (χ3n) is 11.5. The Morgan fingerprint density at radius 1 is 1.19 bits per heavy atom. The van der Waals surface area contributed by atoms with E-state index in [1.165, 1.54) is 12.3 Å². The molecular formula is C31H35F2N3O5S. The molecule has 3 heterocycles. The topological polar surface area (TPSA) is 104 Å². The fraction of sp³-hybridized carbons (Fsp3) is 0.613. The lowest BCUT2D eigenvalue weighted by molar-refractivity contribution is -0.230. The zero-order valence-corrected chi connectivity index (χ0v) is 24.6. The van der Waals surface area contributed by atoms with E-state index in [1.807, 2.05) is 19.9 Å². The van der Waals surface area contributed by atoms with Crippen molar-refractivity contribution < 1.29 is 33.0 Å². The lowest BCUT2D eigenvalue weighted by Crippen LogP contribution is -2.70. The molecule has 1 aliphatic heterocycles. The maximum Gasteiger partial charge on any atom is 0.336 e. The summed E-state index contributed by atoms with van der Waals surface area (Å²) in [6.45, 7) is 4.21. The second-order valence-corrected chi connectivity index (χ2v) is 13.6. The van der Waals surface area contributed by atoms with Gasteiger partial charge in [-0.25, -0.2) is 18.9 Å². The predicted molar refractivity (Wildman–Crippen MR) is 151 cm³/mol. The average molecular weight is 600 g/mol. The van der Waals surface area contributed by atoms with E-state index in [0.29, 0.717) is 44.4 Å². The first-order valence-corrected chi connectivity index (χ1v) is 15.2. The van der Waals surface area contributed by atoms with Crippen LogP contribution in [0, 0.1) is 28.6 Å². The van der Waals surface area contributed by atoms with Gasteiger partial charge in [-0.15, -0.1) is 12.6 Å². The number of aliphatic hydroxyl groups is 1. The average Bonchev–Trinajstić information content (AvgIpc) is 3.68. The van der Waals surface area contributed by atoms with E-state index in [1.54, 1.807) is 16.9 Å². The summed E-state index contributed by atoms with van der Waals surface area (Å²) >= 11 is 4.22. The Labute approximate surface area is 248 Å². The molecule has 4 fully saturated rings. The summed E-state index contributed by atoms with van der Waals surface area (Å²) in [6.07, 6.45) is 6.32. The van der Waals surface area contributed by atoms with Gasteiger partial charge >= 0.3 is 5.97 Å². The molecule has 7 rings (SSSR count). The zero-order valence-electron chi connectivity index (χ0n) is 23.7. The molecule has 0 aromatic carbocycles. The van der Waals surface area contributed by atoms with Crippen molar-refractivity contribution in [2.45, 2.75) is 88.7 Å². The Bertz CT molecular complexity index is 1490. The Morgan fingerprint density at radius 2 is 2.00 bits per heavy atom. The van der Waals surface area contributed by atoms with E-state index >= 15 is 4.39 Å². The third-order valence-corrected chi connectivity index (χ3v) is 11.8. The van der Waals surface area contributed by atoms with Crippen LogP contribution in [-0.2, 0) is 25.5 Å². The van der Waals surface area contributed by atoms with Crippen molar-refractivity contribution in [2.75, 3.05) is 6.61 Å². The standard InChI is InChI=1S/C31H35F2N3O5S/c1-28-13-17-15-35-36(19-6-8-25(32)34-16-19)22(17)12-18(28)5-7-21-20-9-10-30(27(39)42,41-26(38)23-4-3-11-40-23)29(20,2)14-24(37)31(21,28)33/h6,8,12,15-16,20-21,23-24,37H,3-5,7,9-11,13-14H2,1-2H3,(H,39,42)/t20-,21-,23-,24-,28-,29-,30-,31-/m0/s1. The number of alkyl halides is 1. The zero-order chi connectivity index (χ0) is 29.7. The van der Waals surface area contributed by atoms with Gasteiger partial charge in [0.25, 0.3) is 0 Å². The summed E-state index contributed by atoms with van der Waals surface area (Å²) in [5.41, 5.74) is -2.41. The molecule has 4 aliphatic carbocycles. The highest BCUT2D eigenvalue weighted by Gasteiger charge is 2.75. The summed E-state index contributed by atoms with van der Waals surface area (Å²) in [7, 11) is 0. The fourth-order valence-corrected chi connectivity index (χ4v) is 9.72. The molecule has 0 bridgehead atoms. The van der Waals surface area contributed by atoms with Crippen LogP contribution in [0.15, 0.2) is 30.1 Å². The van der Waals surface area contributed by atoms with Gasteiger partial charge in [0, 0.05) is 23.4 Å². The number of aliphatic hydroxyl groups excluding tert-OH is 1. The maximum atomic E-state index is 18.0. The molecule has 2 aromatic heterocycles. The Hall–Kier alpha value is -2.63. The second-order valence-electron chi connectivity index (χ2n) is 13.2. The first kappa shape index (κ1) is 28.2. The lowest BCUT2D eigenvalue weighted by Gasteiger charge is -2.63. The summed E-state index contributed by atoms with van der Waals surface area (Å²) < 4.78 is 44.7. The van der Waals surface area contributed by atoms with E-state index < -0.39 is 57.3 Å². The van der Waals surface area contributed by atoms with Gasteiger partial charge in [-0.2, -0.15) is 9.49 Å². The number of ether oxygens (including phenoxy) is 2. The van der Waals surface area contributed by atoms with E-state index in [-0.39, 0.29) is 18.8 Å². The molecule has 224 valence electrons. The monoisotopic (exact) mass is 599 g/mol. The number of fused-ring (bicyclic) bond motifs is 6. The summed E-state index contributed by atoms with van der Waals surface area (Å²) in [5.74, 6) is -2.02. The Morgan fingerprint density at radius 3 is 2.69 bits per heavy atom. The quantitative estimate of drug-likeness (QED) is 0.302. The number of nitrogens with zero attached hydrogens (tertiary/aromatic N) is 3. The molecule has 3 saturated carbocycles. The number of halogens is 2. The van der Waals surface area contributed by atoms with Crippen molar-refractivity contribution >= 4 is 29.8 Å². The first-order valence-electron chi connectivity index (χ1n) is 14.8. The number of hydrogen-bond acceptors (Lipinski definition) is 7. The van der Waals surface area contributed by atoms with E-state index in [2.05, 4.69) is 22.7 Å². The minimum Gasteiger partial charge on any atom is -0.448 e. The molecule has 0 unspecified atom stereocenters. The summed E-state index contributed by atoms with van der Waals surface area (Å²) in [5, 5.41) is 15.8. The normalized spacial score (nSPS) is 40.4. The lowest BCUT2D eigenvalue weighted by atomic mass is 9.44. The van der Waals surface area contributed by atoms with Crippen LogP contribution in [0.1, 0.15) is 70.1 Å². The van der Waals surface area contributed by atoms with Crippen LogP contribution in [0.3, 0.4) is 0 Å². The number of carbonyl (C=O) groups is 2. The molecule has 8 nitrogen and oxygen atoms in total. The van der Waals surface area contributed by atoms with Crippen molar-refractivity contribution in [2.24, 2.45) is 22.7 Å². The highest BCUT2D eigenvalue weighted by atomic mass is 32.1.